The van der Waals surface area contributed by atoms with Gasteiger partial charge in [0, 0.05) is 0 Å². The van der Waals surface area contributed by atoms with Crippen LogP contribution in [0.1, 0.15) is 10.4 Å². The van der Waals surface area contributed by atoms with Gasteiger partial charge in [-0.05, 0) is 18.2 Å². The number of carbonyl (C=O) groups is 3. The van der Waals surface area contributed by atoms with E-state index < -0.39 is 18.0 Å². The number of nitrogens with two attached hydrogens (primary N) is 4. The number of nitrogens with zero attached hydrogens (tertiary/aromatic N) is 2. The summed E-state index contributed by atoms with van der Waals surface area (Å²) in [4.78, 5) is 32.9. The Morgan fingerprint density at radius 1 is 1.00 bits per heavy atom. The molecule has 1 rings (SSSR count). The summed E-state index contributed by atoms with van der Waals surface area (Å²) in [5.41, 5.74) is 9.45. The van der Waals surface area contributed by atoms with Crippen molar-refractivity contribution in [3.8, 4) is 0 Å². The summed E-state index contributed by atoms with van der Waals surface area (Å²) in [5, 5.41) is 9.94. The van der Waals surface area contributed by atoms with Crippen LogP contribution in [0.4, 0.5) is 21.0 Å². The molecule has 11 nitrogen and oxygen atoms in total. The highest BCUT2D eigenvalue weighted by molar-refractivity contribution is 6.02. The lowest BCUT2D eigenvalue weighted by molar-refractivity contribution is 0.0697. The number of carboxylic acids is 1. The second-order valence-electron chi connectivity index (χ2n) is 3.42. The van der Waals surface area contributed by atoms with Crippen LogP contribution in [0.25, 0.3) is 0 Å². The van der Waals surface area contributed by atoms with Gasteiger partial charge in [0.1, 0.15) is 0 Å². The maximum Gasteiger partial charge on any atom is 0.337 e. The minimum atomic E-state index is -1.33. The molecule has 0 spiro atoms. The predicted molar refractivity (Wildman–Crippen MR) is 70.9 cm³/mol. The normalized spacial score (nSPS) is 9.30. The topological polar surface area (TPSA) is 217 Å². The van der Waals surface area contributed by atoms with E-state index in [-0.39, 0.29) is 23.1 Å². The summed E-state index contributed by atoms with van der Waals surface area (Å²) in [6, 6.07) is 1.38. The van der Waals surface area contributed by atoms with E-state index in [0.717, 1.165) is 12.1 Å². The third-order valence-corrected chi connectivity index (χ3v) is 2.22. The van der Waals surface area contributed by atoms with Crippen molar-refractivity contribution in [3.63, 3.8) is 0 Å². The smallest absolute Gasteiger partial charge is 0.337 e. The molecule has 4 amide bonds. The molecular weight excluding hydrogens is 270 g/mol. The van der Waals surface area contributed by atoms with Crippen molar-refractivity contribution in [3.05, 3.63) is 23.8 Å². The Balaban J connectivity index is 0.00000361. The van der Waals surface area contributed by atoms with Crippen LogP contribution in [-0.2, 0) is 0 Å². The Morgan fingerprint density at radius 2 is 1.50 bits per heavy atom. The molecule has 12 N–H and O–H groups in total. The van der Waals surface area contributed by atoms with Gasteiger partial charge in [0.15, 0.2) is 0 Å². The Hall–Kier alpha value is -2.89. The number of carboxylic acid groups (broad SMARTS) is 1. The Bertz CT molecular complexity index is 547. The van der Waals surface area contributed by atoms with Crippen molar-refractivity contribution in [2.24, 2.45) is 23.2 Å². The maximum atomic E-state index is 11.0. The van der Waals surface area contributed by atoms with Crippen LogP contribution in [0.2, 0.25) is 0 Å². The standard InChI is InChI=1S/C9H12N6O4.H3N/c10-8(18)14(12)4-1-2-5(7(16)17)6(3-4)15(13)9(11)19;/h1-3H,12-13H2,(H2,10,18)(H2,11,19)(H,16,17);1H3. The van der Waals surface area contributed by atoms with Gasteiger partial charge in [-0.3, -0.25) is 0 Å². The van der Waals surface area contributed by atoms with Gasteiger partial charge in [-0.2, -0.15) is 0 Å². The van der Waals surface area contributed by atoms with E-state index >= 15 is 0 Å². The molecule has 0 fully saturated rings. The number of primary amides is 2. The number of rotatable bonds is 3. The van der Waals surface area contributed by atoms with Crippen LogP contribution in [0, 0.1) is 0 Å². The van der Waals surface area contributed by atoms with E-state index in [4.69, 9.17) is 28.3 Å². The van der Waals surface area contributed by atoms with E-state index in [2.05, 4.69) is 0 Å². The van der Waals surface area contributed by atoms with Crippen LogP contribution < -0.4 is 39.3 Å². The molecule has 0 radical (unpaired) electrons. The van der Waals surface area contributed by atoms with Crippen molar-refractivity contribution in [1.29, 1.82) is 0 Å². The largest absolute Gasteiger partial charge is 0.478 e. The van der Waals surface area contributed by atoms with Crippen LogP contribution >= 0.6 is 0 Å². The molecule has 0 saturated heterocycles. The second-order valence-corrected chi connectivity index (χ2v) is 3.42. The zero-order chi connectivity index (χ0) is 14.7. The fourth-order valence-electron chi connectivity index (χ4n) is 1.30. The van der Waals surface area contributed by atoms with E-state index in [1.165, 1.54) is 6.07 Å². The predicted octanol–water partition coefficient (Wildman–Crippen LogP) is -0.936. The number of hydrazine groups is 2. The van der Waals surface area contributed by atoms with Gasteiger partial charge < -0.3 is 22.7 Å². The number of aromatic carboxylic acids is 1. The van der Waals surface area contributed by atoms with Crippen molar-refractivity contribution in [1.82, 2.24) is 6.15 Å². The van der Waals surface area contributed by atoms with Crippen LogP contribution in [0.3, 0.4) is 0 Å². The molecule has 0 saturated carbocycles. The maximum absolute atomic E-state index is 11.0. The van der Waals surface area contributed by atoms with Crippen LogP contribution in [0.15, 0.2) is 18.2 Å². The lowest BCUT2D eigenvalue weighted by Gasteiger charge is -2.20. The first-order valence-corrected chi connectivity index (χ1v) is 4.81. The Morgan fingerprint density at radius 3 is 1.90 bits per heavy atom. The molecule has 0 aliphatic heterocycles. The van der Waals surface area contributed by atoms with Gasteiger partial charge in [-0.1, -0.05) is 0 Å². The lowest BCUT2D eigenvalue weighted by atomic mass is 10.1. The zero-order valence-electron chi connectivity index (χ0n) is 10.3. The molecule has 0 heterocycles. The van der Waals surface area contributed by atoms with E-state index in [9.17, 15) is 14.4 Å². The quantitative estimate of drug-likeness (QED) is 0.232. The number of amides is 4. The van der Waals surface area contributed by atoms with Gasteiger partial charge >= 0.3 is 18.0 Å². The number of urea groups is 2. The fourth-order valence-corrected chi connectivity index (χ4v) is 1.30. The number of anilines is 2. The summed E-state index contributed by atoms with van der Waals surface area (Å²) in [6.07, 6.45) is 0. The number of benzene rings is 1. The fraction of sp³-hybridized carbons (Fsp3) is 0. The third kappa shape index (κ3) is 3.32. The average molecular weight is 285 g/mol. The highest BCUT2D eigenvalue weighted by atomic mass is 16.4. The number of hydrogen-bond acceptors (Lipinski definition) is 6. The summed E-state index contributed by atoms with van der Waals surface area (Å²) >= 11 is 0. The van der Waals surface area contributed by atoms with E-state index in [0.29, 0.717) is 10.0 Å². The Kier molecular flexibility index (Phi) is 5.41. The monoisotopic (exact) mass is 285 g/mol. The van der Waals surface area contributed by atoms with Crippen molar-refractivity contribution in [2.45, 2.75) is 0 Å². The molecule has 1 aromatic carbocycles. The first-order chi connectivity index (χ1) is 8.75. The lowest BCUT2D eigenvalue weighted by Crippen LogP contribution is -2.44. The first-order valence-electron chi connectivity index (χ1n) is 4.81. The number of hydrogen-bond donors (Lipinski definition) is 6. The molecule has 0 aliphatic carbocycles. The van der Waals surface area contributed by atoms with Crippen LogP contribution in [-0.4, -0.2) is 23.1 Å². The highest BCUT2D eigenvalue weighted by Gasteiger charge is 2.19. The summed E-state index contributed by atoms with van der Waals surface area (Å²) in [6.45, 7) is 0. The van der Waals surface area contributed by atoms with Gasteiger partial charge in [-0.25, -0.2) is 36.1 Å². The van der Waals surface area contributed by atoms with E-state index in [1.54, 1.807) is 0 Å². The average Bonchev–Trinajstić information content (AvgIpc) is 2.35. The SMILES string of the molecule is N.NC(=O)N(N)c1ccc(C(=O)O)c(N(N)C(N)=O)c1. The second kappa shape index (κ2) is 6.33. The molecule has 1 aromatic rings. The Labute approximate surface area is 113 Å². The number of carbonyl (C=O) groups excluding carboxylic acids is 2. The highest BCUT2D eigenvalue weighted by Crippen LogP contribution is 2.24. The third-order valence-electron chi connectivity index (χ3n) is 2.22. The molecule has 0 aliphatic rings. The summed E-state index contributed by atoms with van der Waals surface area (Å²) in [7, 11) is 0. The first kappa shape index (κ1) is 17.1. The molecule has 0 unspecified atom stereocenters. The van der Waals surface area contributed by atoms with Crippen molar-refractivity contribution < 1.29 is 19.5 Å². The van der Waals surface area contributed by atoms with Crippen LogP contribution in [0.5, 0.6) is 0 Å². The van der Waals surface area contributed by atoms with Crippen molar-refractivity contribution in [2.75, 3.05) is 10.0 Å². The zero-order valence-corrected chi connectivity index (χ0v) is 10.3. The van der Waals surface area contributed by atoms with Crippen molar-refractivity contribution >= 4 is 29.4 Å². The molecule has 110 valence electrons. The summed E-state index contributed by atoms with van der Waals surface area (Å²) < 4.78 is 0. The molecule has 20 heavy (non-hydrogen) atoms. The van der Waals surface area contributed by atoms with Gasteiger partial charge in [0.2, 0.25) is 0 Å². The molecule has 0 atom stereocenters. The molecule has 11 heteroatoms. The van der Waals surface area contributed by atoms with Gasteiger partial charge in [0.25, 0.3) is 0 Å². The van der Waals surface area contributed by atoms with E-state index in [1.807, 2.05) is 0 Å². The van der Waals surface area contributed by atoms with Gasteiger partial charge in [0.05, 0.1) is 16.9 Å². The minimum absolute atomic E-state index is 0. The molecule has 0 aromatic heterocycles. The van der Waals surface area contributed by atoms with Gasteiger partial charge in [-0.15, -0.1) is 0 Å². The molecular formula is C9H15N7O4. The minimum Gasteiger partial charge on any atom is -0.478 e. The molecule has 0 bridgehead atoms. The summed E-state index contributed by atoms with van der Waals surface area (Å²) in [5.74, 6) is 9.35.